The molecule has 1 amide bonds. The lowest BCUT2D eigenvalue weighted by molar-refractivity contribution is -0.141. The van der Waals surface area contributed by atoms with E-state index in [1.807, 2.05) is 0 Å². The second kappa shape index (κ2) is 6.32. The molecule has 20 heavy (non-hydrogen) atoms. The average Bonchev–Trinajstić information content (AvgIpc) is 2.36. The van der Waals surface area contributed by atoms with E-state index in [1.165, 1.54) is 17.0 Å². The summed E-state index contributed by atoms with van der Waals surface area (Å²) in [5.74, 6) is -1.81. The molecule has 1 aliphatic rings. The quantitative estimate of drug-likeness (QED) is 0.908. The lowest BCUT2D eigenvalue weighted by Crippen LogP contribution is -2.46. The largest absolute Gasteiger partial charge is 0.481 e. The topological polar surface area (TPSA) is 66.8 Å². The minimum Gasteiger partial charge on any atom is -0.481 e. The van der Waals surface area contributed by atoms with Crippen LogP contribution in [-0.2, 0) is 9.53 Å². The number of nitrogens with zero attached hydrogens (tertiary/aromatic N) is 1. The summed E-state index contributed by atoms with van der Waals surface area (Å²) in [4.78, 5) is 24.4. The maximum Gasteiger partial charge on any atom is 0.306 e. The SMILES string of the molecule is O=C(O)C[C@@H]1CN(C(=O)c2cc(F)cc(Br)c2)CCO1. The third kappa shape index (κ3) is 3.77. The maximum absolute atomic E-state index is 13.3. The van der Waals surface area contributed by atoms with Crippen molar-refractivity contribution in [3.8, 4) is 0 Å². The van der Waals surface area contributed by atoms with Gasteiger partial charge in [-0.1, -0.05) is 15.9 Å². The maximum atomic E-state index is 13.3. The van der Waals surface area contributed by atoms with E-state index in [0.29, 0.717) is 11.0 Å². The van der Waals surface area contributed by atoms with Crippen LogP contribution in [0.2, 0.25) is 0 Å². The number of rotatable bonds is 3. The summed E-state index contributed by atoms with van der Waals surface area (Å²) in [6, 6.07) is 3.96. The lowest BCUT2D eigenvalue weighted by atomic mass is 10.1. The molecule has 108 valence electrons. The summed E-state index contributed by atoms with van der Waals surface area (Å²) in [5, 5.41) is 8.74. The van der Waals surface area contributed by atoms with E-state index in [-0.39, 0.29) is 31.0 Å². The molecule has 0 bridgehead atoms. The number of carbonyl (C=O) groups is 2. The second-order valence-electron chi connectivity index (χ2n) is 4.50. The molecular weight excluding hydrogens is 333 g/mol. The smallest absolute Gasteiger partial charge is 0.306 e. The van der Waals surface area contributed by atoms with Crippen LogP contribution in [0.1, 0.15) is 16.8 Å². The number of carboxylic acid groups (broad SMARTS) is 1. The Bertz CT molecular complexity index is 517. The zero-order chi connectivity index (χ0) is 14.7. The molecule has 1 aromatic carbocycles. The van der Waals surface area contributed by atoms with E-state index in [2.05, 4.69) is 15.9 Å². The van der Waals surface area contributed by atoms with E-state index in [1.54, 1.807) is 0 Å². The van der Waals surface area contributed by atoms with Crippen LogP contribution in [0.25, 0.3) is 0 Å². The summed E-state index contributed by atoms with van der Waals surface area (Å²) in [6.45, 7) is 0.836. The Morgan fingerprint density at radius 2 is 2.20 bits per heavy atom. The summed E-state index contributed by atoms with van der Waals surface area (Å²) >= 11 is 3.14. The van der Waals surface area contributed by atoms with Crippen molar-refractivity contribution in [1.82, 2.24) is 4.90 Å². The number of morpholine rings is 1. The number of ether oxygens (including phenoxy) is 1. The van der Waals surface area contributed by atoms with Gasteiger partial charge in [-0.15, -0.1) is 0 Å². The minimum absolute atomic E-state index is 0.156. The van der Waals surface area contributed by atoms with Crippen molar-refractivity contribution in [3.05, 3.63) is 34.1 Å². The normalized spacial score (nSPS) is 18.9. The van der Waals surface area contributed by atoms with Gasteiger partial charge < -0.3 is 14.7 Å². The van der Waals surface area contributed by atoms with E-state index >= 15 is 0 Å². The number of aliphatic carboxylic acids is 1. The molecule has 1 heterocycles. The molecule has 1 fully saturated rings. The monoisotopic (exact) mass is 345 g/mol. The molecule has 1 atom stereocenters. The van der Waals surface area contributed by atoms with Crippen molar-refractivity contribution in [2.45, 2.75) is 12.5 Å². The Labute approximate surface area is 123 Å². The van der Waals surface area contributed by atoms with Gasteiger partial charge in [-0.05, 0) is 18.2 Å². The Kier molecular flexibility index (Phi) is 4.72. The van der Waals surface area contributed by atoms with E-state index < -0.39 is 17.9 Å². The van der Waals surface area contributed by atoms with Gasteiger partial charge in [0.1, 0.15) is 5.82 Å². The molecule has 0 unspecified atom stereocenters. The average molecular weight is 346 g/mol. The highest BCUT2D eigenvalue weighted by atomic mass is 79.9. The first-order chi connectivity index (χ1) is 9.45. The highest BCUT2D eigenvalue weighted by Crippen LogP contribution is 2.18. The molecule has 1 saturated heterocycles. The van der Waals surface area contributed by atoms with Gasteiger partial charge in [0.15, 0.2) is 0 Å². The van der Waals surface area contributed by atoms with Crippen molar-refractivity contribution in [3.63, 3.8) is 0 Å². The molecule has 7 heteroatoms. The van der Waals surface area contributed by atoms with E-state index in [4.69, 9.17) is 9.84 Å². The summed E-state index contributed by atoms with van der Waals surface area (Å²) in [6.07, 6.45) is -0.682. The van der Waals surface area contributed by atoms with Crippen molar-refractivity contribution >= 4 is 27.8 Å². The number of benzene rings is 1. The third-order valence-electron chi connectivity index (χ3n) is 2.94. The molecule has 1 aromatic rings. The fourth-order valence-electron chi connectivity index (χ4n) is 2.08. The fourth-order valence-corrected chi connectivity index (χ4v) is 2.55. The number of hydrogen-bond acceptors (Lipinski definition) is 3. The molecule has 0 radical (unpaired) electrons. The van der Waals surface area contributed by atoms with Crippen LogP contribution < -0.4 is 0 Å². The summed E-state index contributed by atoms with van der Waals surface area (Å²) in [5.41, 5.74) is 0.229. The number of amides is 1. The number of carboxylic acids is 1. The van der Waals surface area contributed by atoms with Crippen molar-refractivity contribution < 1.29 is 23.8 Å². The van der Waals surface area contributed by atoms with Crippen molar-refractivity contribution in [2.75, 3.05) is 19.7 Å². The van der Waals surface area contributed by atoms with Gasteiger partial charge in [0.2, 0.25) is 0 Å². The Morgan fingerprint density at radius 3 is 2.85 bits per heavy atom. The third-order valence-corrected chi connectivity index (χ3v) is 3.40. The molecule has 5 nitrogen and oxygen atoms in total. The van der Waals surface area contributed by atoms with Gasteiger partial charge in [0, 0.05) is 23.1 Å². The number of carbonyl (C=O) groups excluding carboxylic acids is 1. The molecule has 0 spiro atoms. The highest BCUT2D eigenvalue weighted by molar-refractivity contribution is 9.10. The zero-order valence-electron chi connectivity index (χ0n) is 10.5. The van der Waals surface area contributed by atoms with Crippen LogP contribution in [0.15, 0.2) is 22.7 Å². The summed E-state index contributed by atoms with van der Waals surface area (Å²) in [7, 11) is 0. The van der Waals surface area contributed by atoms with Crippen molar-refractivity contribution in [1.29, 1.82) is 0 Å². The van der Waals surface area contributed by atoms with Crippen LogP contribution in [0, 0.1) is 5.82 Å². The first-order valence-electron chi connectivity index (χ1n) is 6.04. The molecule has 1 aliphatic heterocycles. The first kappa shape index (κ1) is 14.9. The first-order valence-corrected chi connectivity index (χ1v) is 6.84. The standard InChI is InChI=1S/C13H13BrFNO4/c14-9-3-8(4-10(15)5-9)13(19)16-1-2-20-11(7-16)6-12(17)18/h3-5,11H,1-2,6-7H2,(H,17,18)/t11-/m1/s1. The minimum atomic E-state index is -0.974. The highest BCUT2D eigenvalue weighted by Gasteiger charge is 2.26. The van der Waals surface area contributed by atoms with Gasteiger partial charge in [-0.2, -0.15) is 0 Å². The van der Waals surface area contributed by atoms with E-state index in [9.17, 15) is 14.0 Å². The van der Waals surface area contributed by atoms with Crippen LogP contribution in [0.3, 0.4) is 0 Å². The Hall–Kier alpha value is -1.47. The Morgan fingerprint density at radius 1 is 1.45 bits per heavy atom. The fraction of sp³-hybridized carbons (Fsp3) is 0.385. The van der Waals surface area contributed by atoms with Gasteiger partial charge in [-0.3, -0.25) is 9.59 Å². The molecule has 0 aliphatic carbocycles. The molecule has 1 N–H and O–H groups in total. The summed E-state index contributed by atoms with van der Waals surface area (Å²) < 4.78 is 19.1. The van der Waals surface area contributed by atoms with Crippen LogP contribution in [0.5, 0.6) is 0 Å². The molecule has 0 aromatic heterocycles. The van der Waals surface area contributed by atoms with E-state index in [0.717, 1.165) is 6.07 Å². The number of hydrogen-bond donors (Lipinski definition) is 1. The Balaban J connectivity index is 2.10. The molecule has 2 rings (SSSR count). The molecule has 0 saturated carbocycles. The van der Waals surface area contributed by atoms with Gasteiger partial charge in [0.25, 0.3) is 5.91 Å². The predicted molar refractivity (Wildman–Crippen MR) is 72.0 cm³/mol. The lowest BCUT2D eigenvalue weighted by Gasteiger charge is -2.32. The van der Waals surface area contributed by atoms with Crippen molar-refractivity contribution in [2.24, 2.45) is 0 Å². The number of halogens is 2. The van der Waals surface area contributed by atoms with Crippen LogP contribution in [0.4, 0.5) is 4.39 Å². The van der Waals surface area contributed by atoms with Gasteiger partial charge in [0.05, 0.1) is 19.1 Å². The van der Waals surface area contributed by atoms with Crippen LogP contribution in [-0.4, -0.2) is 47.7 Å². The van der Waals surface area contributed by atoms with Crippen LogP contribution >= 0.6 is 15.9 Å². The molecular formula is C13H13BrFNO4. The predicted octanol–water partition coefficient (Wildman–Crippen LogP) is 1.90. The zero-order valence-corrected chi connectivity index (χ0v) is 12.1. The van der Waals surface area contributed by atoms with Gasteiger partial charge >= 0.3 is 5.97 Å². The second-order valence-corrected chi connectivity index (χ2v) is 5.42. The van der Waals surface area contributed by atoms with Gasteiger partial charge in [-0.25, -0.2) is 4.39 Å².